The highest BCUT2D eigenvalue weighted by Crippen LogP contribution is 2.31. The van der Waals surface area contributed by atoms with E-state index in [9.17, 15) is 4.79 Å². The standard InChI is InChI=1S/C22H17BrN2O/c1-24-21(17-12-6-3-7-13-17)20(16-10-4-2-5-11-16)22(26)25(24)19-15-9-8-14-18(19)23/h2-15H,1H3. The molecule has 0 radical (unpaired) electrons. The summed E-state index contributed by atoms with van der Waals surface area (Å²) in [5.74, 6) is 0. The fourth-order valence-electron chi connectivity index (χ4n) is 3.29. The van der Waals surface area contributed by atoms with Crippen LogP contribution in [-0.2, 0) is 7.05 Å². The quantitative estimate of drug-likeness (QED) is 0.456. The molecule has 0 atom stereocenters. The average Bonchev–Trinajstić information content (AvgIpc) is 2.94. The summed E-state index contributed by atoms with van der Waals surface area (Å²) in [4.78, 5) is 13.5. The van der Waals surface area contributed by atoms with Crippen molar-refractivity contribution in [3.05, 3.63) is 99.8 Å². The lowest BCUT2D eigenvalue weighted by Gasteiger charge is -2.12. The Morgan fingerprint density at radius 1 is 0.731 bits per heavy atom. The van der Waals surface area contributed by atoms with Crippen LogP contribution in [0.1, 0.15) is 0 Å². The summed E-state index contributed by atoms with van der Waals surface area (Å²) >= 11 is 3.57. The van der Waals surface area contributed by atoms with Crippen LogP contribution in [0.5, 0.6) is 0 Å². The first kappa shape index (κ1) is 16.6. The van der Waals surface area contributed by atoms with Gasteiger partial charge < -0.3 is 0 Å². The molecular weight excluding hydrogens is 388 g/mol. The van der Waals surface area contributed by atoms with Gasteiger partial charge in [0.25, 0.3) is 5.56 Å². The Morgan fingerprint density at radius 2 is 1.27 bits per heavy atom. The molecule has 1 aromatic heterocycles. The summed E-state index contributed by atoms with van der Waals surface area (Å²) in [6.07, 6.45) is 0. The fraction of sp³-hybridized carbons (Fsp3) is 0.0455. The lowest BCUT2D eigenvalue weighted by atomic mass is 10.0. The first-order chi connectivity index (χ1) is 12.7. The van der Waals surface area contributed by atoms with Gasteiger partial charge >= 0.3 is 0 Å². The molecule has 0 saturated heterocycles. The molecule has 0 fully saturated rings. The molecule has 0 aliphatic carbocycles. The SMILES string of the molecule is Cn1c(-c2ccccc2)c(-c2ccccc2)c(=O)n1-c1ccccc1Br. The minimum Gasteiger partial charge on any atom is -0.280 e. The molecule has 3 nitrogen and oxygen atoms in total. The van der Waals surface area contributed by atoms with Crippen molar-refractivity contribution < 1.29 is 0 Å². The first-order valence-corrected chi connectivity index (χ1v) is 9.15. The van der Waals surface area contributed by atoms with Gasteiger partial charge in [-0.25, -0.2) is 4.68 Å². The van der Waals surface area contributed by atoms with E-state index in [4.69, 9.17) is 0 Å². The average molecular weight is 405 g/mol. The maximum atomic E-state index is 13.5. The number of hydrogen-bond acceptors (Lipinski definition) is 1. The molecule has 0 saturated carbocycles. The molecule has 0 N–H and O–H groups in total. The lowest BCUT2D eigenvalue weighted by molar-refractivity contribution is 0.650. The molecule has 0 amide bonds. The molecule has 4 aromatic rings. The number of nitrogens with zero attached hydrogens (tertiary/aromatic N) is 2. The van der Waals surface area contributed by atoms with Crippen LogP contribution in [0.2, 0.25) is 0 Å². The highest BCUT2D eigenvalue weighted by Gasteiger charge is 2.22. The molecule has 0 aliphatic heterocycles. The largest absolute Gasteiger partial charge is 0.280 e. The van der Waals surface area contributed by atoms with Crippen molar-refractivity contribution in [1.29, 1.82) is 0 Å². The van der Waals surface area contributed by atoms with Crippen LogP contribution in [0.25, 0.3) is 28.1 Å². The van der Waals surface area contributed by atoms with Gasteiger partial charge in [-0.05, 0) is 33.6 Å². The van der Waals surface area contributed by atoms with Crippen molar-refractivity contribution in [3.63, 3.8) is 0 Å². The van der Waals surface area contributed by atoms with Gasteiger partial charge in [-0.15, -0.1) is 0 Å². The zero-order valence-electron chi connectivity index (χ0n) is 14.3. The van der Waals surface area contributed by atoms with E-state index in [1.807, 2.05) is 96.7 Å². The van der Waals surface area contributed by atoms with E-state index in [1.54, 1.807) is 4.68 Å². The molecule has 128 valence electrons. The molecule has 0 aliphatic rings. The highest BCUT2D eigenvalue weighted by atomic mass is 79.9. The maximum Gasteiger partial charge on any atom is 0.279 e. The van der Waals surface area contributed by atoms with Crippen LogP contribution in [0, 0.1) is 0 Å². The van der Waals surface area contributed by atoms with Gasteiger partial charge in [0.2, 0.25) is 0 Å². The van der Waals surface area contributed by atoms with E-state index >= 15 is 0 Å². The summed E-state index contributed by atoms with van der Waals surface area (Å²) in [6.45, 7) is 0. The summed E-state index contributed by atoms with van der Waals surface area (Å²) in [5.41, 5.74) is 4.31. The van der Waals surface area contributed by atoms with Crippen LogP contribution in [0.4, 0.5) is 0 Å². The maximum absolute atomic E-state index is 13.5. The fourth-order valence-corrected chi connectivity index (χ4v) is 3.74. The smallest absolute Gasteiger partial charge is 0.279 e. The zero-order valence-corrected chi connectivity index (χ0v) is 15.8. The minimum atomic E-state index is -0.0375. The van der Waals surface area contributed by atoms with Gasteiger partial charge in [0, 0.05) is 17.1 Å². The Morgan fingerprint density at radius 3 is 1.88 bits per heavy atom. The predicted molar refractivity (Wildman–Crippen MR) is 110 cm³/mol. The first-order valence-electron chi connectivity index (χ1n) is 8.36. The summed E-state index contributed by atoms with van der Waals surface area (Å²) < 4.78 is 4.52. The molecule has 0 spiro atoms. The lowest BCUT2D eigenvalue weighted by Crippen LogP contribution is -2.20. The number of aromatic nitrogens is 2. The van der Waals surface area contributed by atoms with E-state index in [0.717, 1.165) is 27.0 Å². The Hall–Kier alpha value is -2.85. The van der Waals surface area contributed by atoms with Crippen LogP contribution in [-0.4, -0.2) is 9.36 Å². The molecular formula is C22H17BrN2O. The van der Waals surface area contributed by atoms with E-state index in [1.165, 1.54) is 0 Å². The van der Waals surface area contributed by atoms with Gasteiger partial charge in [0.1, 0.15) is 0 Å². The number of para-hydroxylation sites is 1. The second-order valence-electron chi connectivity index (χ2n) is 6.05. The Balaban J connectivity index is 2.10. The van der Waals surface area contributed by atoms with Crippen molar-refractivity contribution >= 4 is 15.9 Å². The Kier molecular flexibility index (Phi) is 4.35. The Bertz CT molecular complexity index is 1110. The molecule has 4 rings (SSSR count). The third kappa shape index (κ3) is 2.72. The van der Waals surface area contributed by atoms with Gasteiger partial charge in [0.05, 0.1) is 16.9 Å². The molecule has 1 heterocycles. The normalized spacial score (nSPS) is 10.8. The van der Waals surface area contributed by atoms with Gasteiger partial charge in [-0.2, -0.15) is 0 Å². The van der Waals surface area contributed by atoms with Crippen LogP contribution in [0.3, 0.4) is 0 Å². The van der Waals surface area contributed by atoms with Crippen molar-refractivity contribution in [3.8, 4) is 28.1 Å². The third-order valence-corrected chi connectivity index (χ3v) is 5.13. The van der Waals surface area contributed by atoms with E-state index < -0.39 is 0 Å². The van der Waals surface area contributed by atoms with Crippen molar-refractivity contribution in [2.45, 2.75) is 0 Å². The second kappa shape index (κ2) is 6.81. The number of benzene rings is 3. The molecule has 0 bridgehead atoms. The van der Waals surface area contributed by atoms with Gasteiger partial charge in [0.15, 0.2) is 0 Å². The topological polar surface area (TPSA) is 26.9 Å². The second-order valence-corrected chi connectivity index (χ2v) is 6.90. The monoisotopic (exact) mass is 404 g/mol. The van der Waals surface area contributed by atoms with Crippen molar-refractivity contribution in [1.82, 2.24) is 9.36 Å². The molecule has 0 unspecified atom stereocenters. The summed E-state index contributed by atoms with van der Waals surface area (Å²) in [7, 11) is 1.93. The van der Waals surface area contributed by atoms with Crippen LogP contribution < -0.4 is 5.56 Å². The minimum absolute atomic E-state index is 0.0375. The molecule has 26 heavy (non-hydrogen) atoms. The summed E-state index contributed by atoms with van der Waals surface area (Å²) in [6, 6.07) is 27.6. The highest BCUT2D eigenvalue weighted by molar-refractivity contribution is 9.10. The zero-order chi connectivity index (χ0) is 18.1. The number of rotatable bonds is 3. The van der Waals surface area contributed by atoms with E-state index in [-0.39, 0.29) is 5.56 Å². The van der Waals surface area contributed by atoms with Gasteiger partial charge in [-0.1, -0.05) is 72.8 Å². The van der Waals surface area contributed by atoms with E-state index in [2.05, 4.69) is 15.9 Å². The Labute approximate surface area is 160 Å². The van der Waals surface area contributed by atoms with Crippen LogP contribution >= 0.6 is 15.9 Å². The third-order valence-electron chi connectivity index (χ3n) is 4.46. The molecule has 3 aromatic carbocycles. The number of halogens is 1. The van der Waals surface area contributed by atoms with E-state index in [0.29, 0.717) is 5.56 Å². The molecule has 4 heteroatoms. The number of hydrogen-bond donors (Lipinski definition) is 0. The van der Waals surface area contributed by atoms with Crippen molar-refractivity contribution in [2.24, 2.45) is 7.05 Å². The van der Waals surface area contributed by atoms with Crippen molar-refractivity contribution in [2.75, 3.05) is 0 Å². The van der Waals surface area contributed by atoms with Gasteiger partial charge in [-0.3, -0.25) is 9.48 Å². The predicted octanol–water partition coefficient (Wildman–Crippen LogP) is 5.27. The summed E-state index contributed by atoms with van der Waals surface area (Å²) in [5, 5.41) is 0. The van der Waals surface area contributed by atoms with Crippen LogP contribution in [0.15, 0.2) is 94.2 Å².